The monoisotopic (exact) mass is 413 g/mol. The lowest BCUT2D eigenvalue weighted by atomic mass is 9.95. The van der Waals surface area contributed by atoms with Gasteiger partial charge in [0.1, 0.15) is 11.5 Å². The van der Waals surface area contributed by atoms with E-state index in [0.29, 0.717) is 12.4 Å². The van der Waals surface area contributed by atoms with E-state index in [2.05, 4.69) is 36.4 Å². The molecule has 0 spiro atoms. The number of halogens is 1. The van der Waals surface area contributed by atoms with Crippen LogP contribution in [0.1, 0.15) is 23.6 Å². The lowest BCUT2D eigenvalue weighted by Crippen LogP contribution is -2.22. The molecule has 0 fully saturated rings. The van der Waals surface area contributed by atoms with Crippen LogP contribution in [0.2, 0.25) is 0 Å². The third kappa shape index (κ3) is 2.96. The van der Waals surface area contributed by atoms with E-state index in [4.69, 9.17) is 9.47 Å². The molecule has 2 aromatic carbocycles. The van der Waals surface area contributed by atoms with Crippen molar-refractivity contribution >= 4 is 27.6 Å². The molecule has 1 atom stereocenters. The molecule has 0 radical (unpaired) electrons. The third-order valence-corrected chi connectivity index (χ3v) is 4.89. The van der Waals surface area contributed by atoms with Gasteiger partial charge < -0.3 is 9.47 Å². The van der Waals surface area contributed by atoms with Crippen LogP contribution >= 0.6 is 15.9 Å². The Hall–Kier alpha value is -2.74. The third-order valence-electron chi connectivity index (χ3n) is 4.37. The molecule has 4 rings (SSSR count). The highest BCUT2D eigenvalue weighted by Crippen LogP contribution is 2.38. The quantitative estimate of drug-likeness (QED) is 0.653. The minimum atomic E-state index is -0.138. The van der Waals surface area contributed by atoms with Gasteiger partial charge in [-0.2, -0.15) is 0 Å². The van der Waals surface area contributed by atoms with Crippen LogP contribution in [0.15, 0.2) is 51.9 Å². The summed E-state index contributed by atoms with van der Waals surface area (Å²) in [6.45, 7) is 0. The standard InChI is InChI=1S/C18H16BrN5O2/c1-25-13-7-8-17(26-2)14(9-13)16-10-15(11-3-5-12(19)6-4-11)20-18-21-22-23-24(16)18/h3-9,16H,10H2,1-2H3. The van der Waals surface area contributed by atoms with Gasteiger partial charge in [0.2, 0.25) is 0 Å². The van der Waals surface area contributed by atoms with Gasteiger partial charge in [0.15, 0.2) is 0 Å². The van der Waals surface area contributed by atoms with Crippen LogP contribution in [0.25, 0.3) is 0 Å². The molecule has 1 unspecified atom stereocenters. The average molecular weight is 414 g/mol. The van der Waals surface area contributed by atoms with Crippen molar-refractivity contribution in [2.24, 2.45) is 4.99 Å². The van der Waals surface area contributed by atoms with Crippen molar-refractivity contribution < 1.29 is 9.47 Å². The van der Waals surface area contributed by atoms with Crippen LogP contribution in [0.5, 0.6) is 11.5 Å². The van der Waals surface area contributed by atoms with Gasteiger partial charge in [-0.1, -0.05) is 33.2 Å². The van der Waals surface area contributed by atoms with Crippen molar-refractivity contribution in [2.45, 2.75) is 12.5 Å². The second-order valence-corrected chi connectivity index (χ2v) is 6.73. The Bertz CT molecular complexity index is 968. The molecule has 1 aliphatic heterocycles. The summed E-state index contributed by atoms with van der Waals surface area (Å²) in [7, 11) is 3.29. The normalized spacial score (nSPS) is 16.0. The number of fused-ring (bicyclic) bond motifs is 1. The van der Waals surface area contributed by atoms with Gasteiger partial charge >= 0.3 is 0 Å². The van der Waals surface area contributed by atoms with Crippen molar-refractivity contribution in [1.29, 1.82) is 0 Å². The Morgan fingerprint density at radius 2 is 1.88 bits per heavy atom. The zero-order chi connectivity index (χ0) is 18.1. The van der Waals surface area contributed by atoms with Gasteiger partial charge in [0, 0.05) is 16.5 Å². The predicted molar refractivity (Wildman–Crippen MR) is 100 cm³/mol. The minimum absolute atomic E-state index is 0.138. The zero-order valence-electron chi connectivity index (χ0n) is 14.3. The predicted octanol–water partition coefficient (Wildman–Crippen LogP) is 3.57. The number of tetrazole rings is 1. The first-order valence-corrected chi connectivity index (χ1v) is 8.82. The van der Waals surface area contributed by atoms with Crippen LogP contribution < -0.4 is 9.47 Å². The SMILES string of the molecule is COc1ccc(OC)c(C2CC(c3ccc(Br)cc3)=Nc3nnnn32)c1. The molecule has 132 valence electrons. The first-order chi connectivity index (χ1) is 12.7. The number of rotatable bonds is 4. The topological polar surface area (TPSA) is 74.4 Å². The highest BCUT2D eigenvalue weighted by molar-refractivity contribution is 9.10. The molecular formula is C18H16BrN5O2. The van der Waals surface area contributed by atoms with Crippen molar-refractivity contribution in [3.63, 3.8) is 0 Å². The van der Waals surface area contributed by atoms with Crippen molar-refractivity contribution in [3.05, 3.63) is 58.1 Å². The summed E-state index contributed by atoms with van der Waals surface area (Å²) in [6.07, 6.45) is 0.642. The number of hydrogen-bond acceptors (Lipinski definition) is 6. The molecule has 0 aliphatic carbocycles. The molecule has 0 saturated heterocycles. The molecule has 2 heterocycles. The Kier molecular flexibility index (Phi) is 4.42. The number of ether oxygens (including phenoxy) is 2. The molecule has 0 bridgehead atoms. The lowest BCUT2D eigenvalue weighted by molar-refractivity contribution is 0.387. The second-order valence-electron chi connectivity index (χ2n) is 5.82. The van der Waals surface area contributed by atoms with E-state index in [-0.39, 0.29) is 6.04 Å². The number of aliphatic imine (C=N–C) groups is 1. The van der Waals surface area contributed by atoms with Gasteiger partial charge in [-0.3, -0.25) is 0 Å². The molecule has 3 aromatic rings. The maximum Gasteiger partial charge on any atom is 0.269 e. The number of methoxy groups -OCH3 is 2. The van der Waals surface area contributed by atoms with Crippen molar-refractivity contribution in [1.82, 2.24) is 20.2 Å². The highest BCUT2D eigenvalue weighted by atomic mass is 79.9. The molecule has 1 aliphatic rings. The number of benzene rings is 2. The molecule has 1 aromatic heterocycles. The molecule has 8 heteroatoms. The summed E-state index contributed by atoms with van der Waals surface area (Å²) >= 11 is 3.47. The molecule has 0 saturated carbocycles. The number of aromatic nitrogens is 4. The van der Waals surface area contributed by atoms with Crippen LogP contribution in [0, 0.1) is 0 Å². The summed E-state index contributed by atoms with van der Waals surface area (Å²) in [4.78, 5) is 4.64. The molecule has 0 N–H and O–H groups in total. The Balaban J connectivity index is 1.81. The van der Waals surface area contributed by atoms with E-state index in [1.807, 2.05) is 42.5 Å². The van der Waals surface area contributed by atoms with E-state index in [9.17, 15) is 0 Å². The smallest absolute Gasteiger partial charge is 0.269 e. The van der Waals surface area contributed by atoms with E-state index < -0.39 is 0 Å². The van der Waals surface area contributed by atoms with E-state index in [0.717, 1.165) is 32.8 Å². The molecular weight excluding hydrogens is 398 g/mol. The maximum atomic E-state index is 5.56. The maximum absolute atomic E-state index is 5.56. The van der Waals surface area contributed by atoms with Gasteiger partial charge in [-0.25, -0.2) is 9.67 Å². The average Bonchev–Trinajstić information content (AvgIpc) is 3.16. The Morgan fingerprint density at radius 3 is 2.62 bits per heavy atom. The summed E-state index contributed by atoms with van der Waals surface area (Å²) in [5.74, 6) is 1.99. The Morgan fingerprint density at radius 1 is 1.08 bits per heavy atom. The Labute approximate surface area is 158 Å². The summed E-state index contributed by atoms with van der Waals surface area (Å²) in [6, 6.07) is 13.6. The number of hydrogen-bond donors (Lipinski definition) is 0. The van der Waals surface area contributed by atoms with Gasteiger partial charge in [0.05, 0.1) is 26.0 Å². The molecule has 0 amide bonds. The second kappa shape index (κ2) is 6.87. The van der Waals surface area contributed by atoms with Crippen molar-refractivity contribution in [3.8, 4) is 11.5 Å². The summed E-state index contributed by atoms with van der Waals surface area (Å²) < 4.78 is 13.7. The van der Waals surface area contributed by atoms with Crippen LogP contribution in [-0.2, 0) is 0 Å². The summed E-state index contributed by atoms with van der Waals surface area (Å²) in [5.41, 5.74) is 2.91. The molecule has 7 nitrogen and oxygen atoms in total. The summed E-state index contributed by atoms with van der Waals surface area (Å²) in [5, 5.41) is 12.0. The van der Waals surface area contributed by atoms with Crippen LogP contribution in [0.3, 0.4) is 0 Å². The van der Waals surface area contributed by atoms with Gasteiger partial charge in [0.25, 0.3) is 5.95 Å². The first kappa shape index (κ1) is 16.7. The highest BCUT2D eigenvalue weighted by Gasteiger charge is 2.29. The number of nitrogens with zero attached hydrogens (tertiary/aromatic N) is 5. The first-order valence-electron chi connectivity index (χ1n) is 8.03. The van der Waals surface area contributed by atoms with Crippen LogP contribution in [0.4, 0.5) is 5.95 Å². The fourth-order valence-corrected chi connectivity index (χ4v) is 3.33. The fourth-order valence-electron chi connectivity index (χ4n) is 3.07. The van der Waals surface area contributed by atoms with Gasteiger partial charge in [-0.15, -0.1) is 0 Å². The molecule has 26 heavy (non-hydrogen) atoms. The lowest BCUT2D eigenvalue weighted by Gasteiger charge is -2.24. The van der Waals surface area contributed by atoms with Crippen LogP contribution in [-0.4, -0.2) is 40.1 Å². The van der Waals surface area contributed by atoms with Gasteiger partial charge in [-0.05, 0) is 46.3 Å². The van der Waals surface area contributed by atoms with E-state index in [1.165, 1.54) is 0 Å². The van der Waals surface area contributed by atoms with Crippen molar-refractivity contribution in [2.75, 3.05) is 14.2 Å². The zero-order valence-corrected chi connectivity index (χ0v) is 15.8. The minimum Gasteiger partial charge on any atom is -0.497 e. The van der Waals surface area contributed by atoms with E-state index >= 15 is 0 Å². The van der Waals surface area contributed by atoms with E-state index in [1.54, 1.807) is 18.9 Å². The largest absolute Gasteiger partial charge is 0.497 e. The fraction of sp³-hybridized carbons (Fsp3) is 0.222.